The molecule has 0 unspecified atom stereocenters. The SMILES string of the molecule is C#CCCN1CCC(O)(c2ccccc2)CC1. The average Bonchev–Trinajstić information content (AvgIpc) is 2.39. The molecule has 0 saturated carbocycles. The third-order valence-corrected chi connectivity index (χ3v) is 3.57. The number of hydrogen-bond donors (Lipinski definition) is 1. The van der Waals surface area contributed by atoms with E-state index in [1.54, 1.807) is 0 Å². The Kier molecular flexibility index (Phi) is 3.83. The van der Waals surface area contributed by atoms with Gasteiger partial charge in [-0.15, -0.1) is 12.3 Å². The lowest BCUT2D eigenvalue weighted by atomic mass is 9.84. The van der Waals surface area contributed by atoms with Crippen molar-refractivity contribution in [3.8, 4) is 12.3 Å². The lowest BCUT2D eigenvalue weighted by molar-refractivity contribution is -0.0253. The molecule has 0 radical (unpaired) electrons. The van der Waals surface area contributed by atoms with Crippen LogP contribution in [0, 0.1) is 12.3 Å². The summed E-state index contributed by atoms with van der Waals surface area (Å²) >= 11 is 0. The van der Waals surface area contributed by atoms with Crippen molar-refractivity contribution in [3.05, 3.63) is 35.9 Å². The van der Waals surface area contributed by atoms with E-state index in [1.165, 1.54) is 0 Å². The Morgan fingerprint density at radius 2 is 1.88 bits per heavy atom. The van der Waals surface area contributed by atoms with Gasteiger partial charge in [0.05, 0.1) is 5.60 Å². The second-order valence-electron chi connectivity index (χ2n) is 4.69. The van der Waals surface area contributed by atoms with Crippen LogP contribution >= 0.6 is 0 Å². The van der Waals surface area contributed by atoms with Crippen molar-refractivity contribution in [2.75, 3.05) is 19.6 Å². The van der Waals surface area contributed by atoms with Crippen molar-refractivity contribution in [1.29, 1.82) is 0 Å². The first kappa shape index (κ1) is 12.2. The number of benzene rings is 1. The molecule has 0 amide bonds. The van der Waals surface area contributed by atoms with E-state index in [0.29, 0.717) is 0 Å². The molecular formula is C15H19NO. The van der Waals surface area contributed by atoms with Crippen molar-refractivity contribution in [1.82, 2.24) is 4.90 Å². The molecule has 1 aliphatic rings. The Balaban J connectivity index is 1.96. The molecule has 17 heavy (non-hydrogen) atoms. The maximum absolute atomic E-state index is 10.6. The van der Waals surface area contributed by atoms with Crippen molar-refractivity contribution in [2.24, 2.45) is 0 Å². The van der Waals surface area contributed by atoms with Crippen LogP contribution in [0.25, 0.3) is 0 Å². The van der Waals surface area contributed by atoms with Gasteiger partial charge in [0.2, 0.25) is 0 Å². The fourth-order valence-corrected chi connectivity index (χ4v) is 2.41. The van der Waals surface area contributed by atoms with Gasteiger partial charge >= 0.3 is 0 Å². The van der Waals surface area contributed by atoms with Crippen molar-refractivity contribution in [2.45, 2.75) is 24.9 Å². The third kappa shape index (κ3) is 2.88. The van der Waals surface area contributed by atoms with Crippen LogP contribution in [0.1, 0.15) is 24.8 Å². The molecule has 90 valence electrons. The summed E-state index contributed by atoms with van der Waals surface area (Å²) in [6.07, 6.45) is 7.65. The molecular weight excluding hydrogens is 210 g/mol. The van der Waals surface area contributed by atoms with Gasteiger partial charge in [0.1, 0.15) is 0 Å². The monoisotopic (exact) mass is 229 g/mol. The Morgan fingerprint density at radius 1 is 1.24 bits per heavy atom. The Hall–Kier alpha value is -1.30. The van der Waals surface area contributed by atoms with Gasteiger partial charge in [-0.05, 0) is 18.4 Å². The Morgan fingerprint density at radius 3 is 2.47 bits per heavy atom. The number of piperidine rings is 1. The molecule has 1 N–H and O–H groups in total. The van der Waals surface area contributed by atoms with Crippen molar-refractivity contribution in [3.63, 3.8) is 0 Å². The maximum Gasteiger partial charge on any atom is 0.0920 e. The maximum atomic E-state index is 10.6. The van der Waals surface area contributed by atoms with E-state index < -0.39 is 5.60 Å². The number of likely N-dealkylation sites (tertiary alicyclic amines) is 1. The number of terminal acetylenes is 1. The highest BCUT2D eigenvalue weighted by atomic mass is 16.3. The molecule has 0 bridgehead atoms. The largest absolute Gasteiger partial charge is 0.385 e. The van der Waals surface area contributed by atoms with Gasteiger partial charge in [0, 0.05) is 26.1 Å². The fourth-order valence-electron chi connectivity index (χ4n) is 2.41. The van der Waals surface area contributed by atoms with Gasteiger partial charge in [-0.1, -0.05) is 30.3 Å². The summed E-state index contributed by atoms with van der Waals surface area (Å²) in [5, 5.41) is 10.6. The Bertz CT molecular complexity index is 385. The zero-order valence-corrected chi connectivity index (χ0v) is 10.1. The van der Waals surface area contributed by atoms with Gasteiger partial charge in [-0.25, -0.2) is 0 Å². The highest BCUT2D eigenvalue weighted by Crippen LogP contribution is 2.32. The molecule has 1 heterocycles. The average molecular weight is 229 g/mol. The van der Waals surface area contributed by atoms with Crippen LogP contribution in [0.4, 0.5) is 0 Å². The zero-order chi connectivity index (χ0) is 12.1. The highest BCUT2D eigenvalue weighted by Gasteiger charge is 2.33. The van der Waals surface area contributed by atoms with E-state index in [4.69, 9.17) is 6.42 Å². The van der Waals surface area contributed by atoms with E-state index in [9.17, 15) is 5.11 Å². The third-order valence-electron chi connectivity index (χ3n) is 3.57. The predicted molar refractivity (Wildman–Crippen MR) is 69.5 cm³/mol. The second kappa shape index (κ2) is 5.35. The summed E-state index contributed by atoms with van der Waals surface area (Å²) < 4.78 is 0. The molecule has 2 rings (SSSR count). The molecule has 1 fully saturated rings. The summed E-state index contributed by atoms with van der Waals surface area (Å²) in [5.41, 5.74) is 0.394. The van der Waals surface area contributed by atoms with Crippen LogP contribution < -0.4 is 0 Å². The van der Waals surface area contributed by atoms with E-state index in [1.807, 2.05) is 30.3 Å². The molecule has 0 aliphatic carbocycles. The van der Waals surface area contributed by atoms with Crippen LogP contribution in [0.15, 0.2) is 30.3 Å². The lowest BCUT2D eigenvalue weighted by Gasteiger charge is -2.38. The second-order valence-corrected chi connectivity index (χ2v) is 4.69. The molecule has 1 aromatic rings. The van der Waals surface area contributed by atoms with Gasteiger partial charge in [0.25, 0.3) is 0 Å². The molecule has 2 nitrogen and oxygen atoms in total. The van der Waals surface area contributed by atoms with Crippen LogP contribution in [-0.2, 0) is 5.60 Å². The highest BCUT2D eigenvalue weighted by molar-refractivity contribution is 5.22. The quantitative estimate of drug-likeness (QED) is 0.801. The number of aliphatic hydroxyl groups is 1. The van der Waals surface area contributed by atoms with Gasteiger partial charge in [0.15, 0.2) is 0 Å². The van der Waals surface area contributed by atoms with Crippen LogP contribution in [0.5, 0.6) is 0 Å². The standard InChI is InChI=1S/C15H19NO/c1-2-3-11-16-12-9-15(17,10-13-16)14-7-5-4-6-8-14/h1,4-8,17H,3,9-13H2. The first-order valence-electron chi connectivity index (χ1n) is 6.18. The predicted octanol–water partition coefficient (Wildman–Crippen LogP) is 1.99. The van der Waals surface area contributed by atoms with Gasteiger partial charge in [-0.3, -0.25) is 0 Å². The zero-order valence-electron chi connectivity index (χ0n) is 10.1. The Labute approximate surface area is 103 Å². The van der Waals surface area contributed by atoms with E-state index in [-0.39, 0.29) is 0 Å². The molecule has 1 aromatic carbocycles. The summed E-state index contributed by atoms with van der Waals surface area (Å²) in [6.45, 7) is 2.79. The van der Waals surface area contributed by atoms with Gasteiger partial charge < -0.3 is 10.0 Å². The topological polar surface area (TPSA) is 23.5 Å². The summed E-state index contributed by atoms with van der Waals surface area (Å²) in [7, 11) is 0. The summed E-state index contributed by atoms with van der Waals surface area (Å²) in [4.78, 5) is 2.33. The summed E-state index contributed by atoms with van der Waals surface area (Å²) in [6, 6.07) is 9.97. The lowest BCUT2D eigenvalue weighted by Crippen LogP contribution is -2.42. The van der Waals surface area contributed by atoms with E-state index in [0.717, 1.165) is 44.5 Å². The van der Waals surface area contributed by atoms with Crippen molar-refractivity contribution < 1.29 is 5.11 Å². The normalized spacial score (nSPS) is 19.8. The molecule has 0 aromatic heterocycles. The molecule has 1 saturated heterocycles. The number of nitrogens with zero attached hydrogens (tertiary/aromatic N) is 1. The number of rotatable bonds is 3. The smallest absolute Gasteiger partial charge is 0.0920 e. The summed E-state index contributed by atoms with van der Waals surface area (Å²) in [5.74, 6) is 2.66. The first-order valence-corrected chi connectivity index (χ1v) is 6.18. The molecule has 0 spiro atoms. The van der Waals surface area contributed by atoms with Gasteiger partial charge in [-0.2, -0.15) is 0 Å². The minimum Gasteiger partial charge on any atom is -0.385 e. The van der Waals surface area contributed by atoms with Crippen molar-refractivity contribution >= 4 is 0 Å². The molecule has 2 heteroatoms. The number of hydrogen-bond acceptors (Lipinski definition) is 2. The minimum absolute atomic E-state index is 0.645. The molecule has 1 aliphatic heterocycles. The minimum atomic E-state index is -0.645. The van der Waals surface area contributed by atoms with E-state index in [2.05, 4.69) is 10.8 Å². The van der Waals surface area contributed by atoms with Crippen LogP contribution in [-0.4, -0.2) is 29.6 Å². The van der Waals surface area contributed by atoms with Crippen LogP contribution in [0.3, 0.4) is 0 Å². The van der Waals surface area contributed by atoms with E-state index >= 15 is 0 Å². The van der Waals surface area contributed by atoms with Crippen LogP contribution in [0.2, 0.25) is 0 Å². The fraction of sp³-hybridized carbons (Fsp3) is 0.467. The first-order chi connectivity index (χ1) is 8.24. The molecule has 0 atom stereocenters.